The van der Waals surface area contributed by atoms with Crippen molar-refractivity contribution in [1.82, 2.24) is 15.1 Å². The van der Waals surface area contributed by atoms with Crippen molar-refractivity contribution >= 4 is 0 Å². The fourth-order valence-electron chi connectivity index (χ4n) is 2.06. The molecular weight excluding hydrogens is 292 g/mol. The third kappa shape index (κ3) is 4.51. The molecule has 0 amide bonds. The second-order valence-electron chi connectivity index (χ2n) is 5.04. The highest BCUT2D eigenvalue weighted by molar-refractivity contribution is 5.28. The number of hydrogen-bond donors (Lipinski definition) is 2. The lowest BCUT2D eigenvalue weighted by atomic mass is 10.1. The zero-order valence-electron chi connectivity index (χ0n) is 12.4. The number of alkyl halides is 2. The highest BCUT2D eigenvalue weighted by Gasteiger charge is 2.12. The first kappa shape index (κ1) is 16.4. The maximum Gasteiger partial charge on any atom is 0.387 e. The first-order valence-corrected chi connectivity index (χ1v) is 6.90. The first-order chi connectivity index (χ1) is 10.5. The van der Waals surface area contributed by atoms with Gasteiger partial charge in [0.15, 0.2) is 0 Å². The lowest BCUT2D eigenvalue weighted by Crippen LogP contribution is -2.24. The molecule has 0 radical (unpaired) electrons. The molecule has 0 spiro atoms. The van der Waals surface area contributed by atoms with E-state index in [-0.39, 0.29) is 11.8 Å². The highest BCUT2D eigenvalue weighted by Crippen LogP contribution is 2.20. The van der Waals surface area contributed by atoms with Crippen LogP contribution >= 0.6 is 0 Å². The van der Waals surface area contributed by atoms with Gasteiger partial charge in [0.25, 0.3) is 0 Å². The third-order valence-corrected chi connectivity index (χ3v) is 3.33. The Morgan fingerprint density at radius 1 is 1.27 bits per heavy atom. The van der Waals surface area contributed by atoms with E-state index in [0.717, 1.165) is 5.56 Å². The first-order valence-electron chi connectivity index (χ1n) is 6.90. The Morgan fingerprint density at radius 3 is 2.50 bits per heavy atom. The number of nitrogens with zero attached hydrogens (tertiary/aromatic N) is 2. The number of hydrogen-bond acceptors (Lipinski definition) is 4. The van der Waals surface area contributed by atoms with Gasteiger partial charge in [0.2, 0.25) is 0 Å². The largest absolute Gasteiger partial charge is 0.435 e. The van der Waals surface area contributed by atoms with Gasteiger partial charge in [-0.25, -0.2) is 0 Å². The fraction of sp³-hybridized carbons (Fsp3) is 0.400. The van der Waals surface area contributed by atoms with E-state index in [2.05, 4.69) is 15.2 Å². The van der Waals surface area contributed by atoms with Gasteiger partial charge in [0.1, 0.15) is 5.75 Å². The maximum absolute atomic E-state index is 12.1. The van der Waals surface area contributed by atoms with Crippen LogP contribution in [-0.2, 0) is 7.05 Å². The van der Waals surface area contributed by atoms with Crippen LogP contribution < -0.4 is 10.1 Å². The molecule has 2 N–H and O–H groups in total. The van der Waals surface area contributed by atoms with E-state index in [0.29, 0.717) is 12.1 Å². The molecule has 0 aliphatic heterocycles. The zero-order valence-corrected chi connectivity index (χ0v) is 12.4. The Morgan fingerprint density at radius 2 is 1.95 bits per heavy atom. The summed E-state index contributed by atoms with van der Waals surface area (Å²) in [6.07, 6.45) is 2.93. The average molecular weight is 311 g/mol. The van der Waals surface area contributed by atoms with E-state index in [9.17, 15) is 13.9 Å². The van der Waals surface area contributed by atoms with E-state index in [1.807, 2.05) is 20.2 Å². The summed E-state index contributed by atoms with van der Waals surface area (Å²) in [6.45, 7) is -0.535. The minimum absolute atomic E-state index is 0.0461. The molecule has 5 nitrogen and oxygen atoms in total. The molecule has 2 aromatic rings. The lowest BCUT2D eigenvalue weighted by Gasteiger charge is -2.16. The van der Waals surface area contributed by atoms with Gasteiger partial charge < -0.3 is 15.2 Å². The summed E-state index contributed by atoms with van der Waals surface area (Å²) < 4.78 is 30.1. The number of benzene rings is 1. The van der Waals surface area contributed by atoms with Crippen molar-refractivity contribution in [2.45, 2.75) is 25.7 Å². The summed E-state index contributed by atoms with van der Waals surface area (Å²) in [4.78, 5) is 0. The minimum Gasteiger partial charge on any atom is -0.435 e. The molecule has 0 fully saturated rings. The average Bonchev–Trinajstić information content (AvgIpc) is 2.91. The summed E-state index contributed by atoms with van der Waals surface area (Å²) in [5, 5.41) is 17.4. The number of nitrogens with one attached hydrogen (secondary N) is 1. The number of aliphatic hydroxyl groups excluding tert-OH is 1. The monoisotopic (exact) mass is 311 g/mol. The van der Waals surface area contributed by atoms with Crippen LogP contribution in [0.25, 0.3) is 0 Å². The van der Waals surface area contributed by atoms with Crippen LogP contribution in [0.15, 0.2) is 36.7 Å². The predicted octanol–water partition coefficient (Wildman–Crippen LogP) is 2.41. The normalized spacial score (nSPS) is 14.1. The topological polar surface area (TPSA) is 59.3 Å². The standard InChI is InChI=1S/C15H19F2N3O2/c1-10(12-7-19-20(2)9-12)18-8-14(21)11-3-5-13(6-4-11)22-15(16)17/h3-7,9-10,14-15,18,21H,8H2,1-2H3. The van der Waals surface area contributed by atoms with E-state index < -0.39 is 12.7 Å². The predicted molar refractivity (Wildman–Crippen MR) is 77.7 cm³/mol. The van der Waals surface area contributed by atoms with Gasteiger partial charge >= 0.3 is 6.61 Å². The smallest absolute Gasteiger partial charge is 0.387 e. The number of rotatable bonds is 7. The van der Waals surface area contributed by atoms with Crippen molar-refractivity contribution in [2.75, 3.05) is 6.54 Å². The Kier molecular flexibility index (Phi) is 5.46. The number of halogens is 2. The van der Waals surface area contributed by atoms with Gasteiger partial charge in [-0.05, 0) is 24.6 Å². The Bertz CT molecular complexity index is 587. The molecule has 1 aromatic heterocycles. The third-order valence-electron chi connectivity index (χ3n) is 3.33. The highest BCUT2D eigenvalue weighted by atomic mass is 19.3. The van der Waals surface area contributed by atoms with Crippen LogP contribution in [0.1, 0.15) is 30.2 Å². The lowest BCUT2D eigenvalue weighted by molar-refractivity contribution is -0.0498. The molecule has 0 aliphatic rings. The fourth-order valence-corrected chi connectivity index (χ4v) is 2.06. The molecule has 7 heteroatoms. The van der Waals surface area contributed by atoms with Crippen molar-refractivity contribution in [3.63, 3.8) is 0 Å². The number of aliphatic hydroxyl groups is 1. The minimum atomic E-state index is -2.85. The van der Waals surface area contributed by atoms with Crippen LogP contribution in [0, 0.1) is 0 Å². The van der Waals surface area contributed by atoms with Crippen molar-refractivity contribution in [3.05, 3.63) is 47.8 Å². The summed E-state index contributed by atoms with van der Waals surface area (Å²) >= 11 is 0. The van der Waals surface area contributed by atoms with Crippen molar-refractivity contribution in [1.29, 1.82) is 0 Å². The summed E-state index contributed by atoms with van der Waals surface area (Å²) in [7, 11) is 1.84. The number of ether oxygens (including phenoxy) is 1. The van der Waals surface area contributed by atoms with Crippen LogP contribution in [-0.4, -0.2) is 28.0 Å². The zero-order chi connectivity index (χ0) is 16.1. The van der Waals surface area contributed by atoms with Crippen LogP contribution in [0.3, 0.4) is 0 Å². The van der Waals surface area contributed by atoms with Gasteiger partial charge in [0, 0.05) is 31.4 Å². The molecular formula is C15H19F2N3O2. The molecule has 0 aliphatic carbocycles. The molecule has 1 heterocycles. The SMILES string of the molecule is CC(NCC(O)c1ccc(OC(F)F)cc1)c1cnn(C)c1. The summed E-state index contributed by atoms with van der Waals surface area (Å²) in [5.74, 6) is 0.0719. The van der Waals surface area contributed by atoms with E-state index in [1.54, 1.807) is 23.0 Å². The van der Waals surface area contributed by atoms with Crippen LogP contribution in [0.5, 0.6) is 5.75 Å². The van der Waals surface area contributed by atoms with Crippen molar-refractivity contribution < 1.29 is 18.6 Å². The molecule has 2 rings (SSSR count). The van der Waals surface area contributed by atoms with Crippen LogP contribution in [0.4, 0.5) is 8.78 Å². The van der Waals surface area contributed by atoms with Gasteiger partial charge in [0.05, 0.1) is 12.3 Å². The van der Waals surface area contributed by atoms with E-state index in [4.69, 9.17) is 0 Å². The molecule has 0 bridgehead atoms. The molecule has 2 atom stereocenters. The molecule has 2 unspecified atom stereocenters. The second-order valence-corrected chi connectivity index (χ2v) is 5.04. The quantitative estimate of drug-likeness (QED) is 0.824. The second kappa shape index (κ2) is 7.33. The maximum atomic E-state index is 12.1. The Labute approximate surface area is 127 Å². The van der Waals surface area contributed by atoms with Crippen molar-refractivity contribution in [3.8, 4) is 5.75 Å². The summed E-state index contributed by atoms with van der Waals surface area (Å²) in [6, 6.07) is 6.01. The van der Waals surface area contributed by atoms with Gasteiger partial charge in [-0.3, -0.25) is 4.68 Å². The van der Waals surface area contributed by atoms with E-state index in [1.165, 1.54) is 12.1 Å². The molecule has 22 heavy (non-hydrogen) atoms. The molecule has 120 valence electrons. The van der Waals surface area contributed by atoms with Crippen molar-refractivity contribution in [2.24, 2.45) is 7.05 Å². The van der Waals surface area contributed by atoms with Gasteiger partial charge in [-0.2, -0.15) is 13.9 Å². The Hall–Kier alpha value is -1.99. The van der Waals surface area contributed by atoms with Crippen LogP contribution in [0.2, 0.25) is 0 Å². The number of aromatic nitrogens is 2. The van der Waals surface area contributed by atoms with Gasteiger partial charge in [-0.15, -0.1) is 0 Å². The Balaban J connectivity index is 1.87. The van der Waals surface area contributed by atoms with E-state index >= 15 is 0 Å². The molecule has 1 aromatic carbocycles. The molecule has 0 saturated carbocycles. The van der Waals surface area contributed by atoms with Gasteiger partial charge in [-0.1, -0.05) is 12.1 Å². The number of aryl methyl sites for hydroxylation is 1. The summed E-state index contributed by atoms with van der Waals surface area (Å²) in [5.41, 5.74) is 1.66. The molecule has 0 saturated heterocycles.